The molecule has 0 saturated heterocycles. The number of aromatic nitrogens is 2. The van der Waals surface area contributed by atoms with Gasteiger partial charge in [-0.15, -0.1) is 10.2 Å². The lowest BCUT2D eigenvalue weighted by molar-refractivity contribution is 0.0932. The SMILES string of the molecule is Nc1nnc(C(=O)NC2CCc3ccccc3C2)s1. The number of fused-ring (bicyclic) bond motifs is 1. The summed E-state index contributed by atoms with van der Waals surface area (Å²) >= 11 is 1.11. The Morgan fingerprint density at radius 2 is 2.11 bits per heavy atom. The second-order valence-electron chi connectivity index (χ2n) is 4.63. The normalized spacial score (nSPS) is 17.8. The van der Waals surface area contributed by atoms with E-state index in [0.717, 1.165) is 30.6 Å². The van der Waals surface area contributed by atoms with Gasteiger partial charge in [0.2, 0.25) is 10.1 Å². The topological polar surface area (TPSA) is 80.9 Å². The van der Waals surface area contributed by atoms with Crippen molar-refractivity contribution in [1.29, 1.82) is 0 Å². The van der Waals surface area contributed by atoms with Crippen molar-refractivity contribution in [3.8, 4) is 0 Å². The van der Waals surface area contributed by atoms with E-state index in [1.165, 1.54) is 11.1 Å². The van der Waals surface area contributed by atoms with Crippen molar-refractivity contribution in [1.82, 2.24) is 15.5 Å². The van der Waals surface area contributed by atoms with Crippen LogP contribution in [0.15, 0.2) is 24.3 Å². The molecule has 5 nitrogen and oxygen atoms in total. The molecule has 1 atom stereocenters. The standard InChI is InChI=1S/C13H14N4OS/c14-13-17-16-12(19-13)11(18)15-10-6-5-8-3-1-2-4-9(8)7-10/h1-4,10H,5-7H2,(H2,14,17)(H,15,18). The number of carbonyl (C=O) groups is 1. The van der Waals surface area contributed by atoms with Crippen LogP contribution in [0.3, 0.4) is 0 Å². The number of hydrogen-bond donors (Lipinski definition) is 2. The molecule has 1 amide bonds. The molecule has 98 valence electrons. The third-order valence-electron chi connectivity index (χ3n) is 3.32. The number of anilines is 1. The number of nitrogens with one attached hydrogen (secondary N) is 1. The molecule has 0 saturated carbocycles. The minimum absolute atomic E-state index is 0.160. The van der Waals surface area contributed by atoms with Gasteiger partial charge in [0.25, 0.3) is 5.91 Å². The molecule has 1 aromatic carbocycles. The van der Waals surface area contributed by atoms with E-state index in [9.17, 15) is 4.79 Å². The molecule has 0 radical (unpaired) electrons. The highest BCUT2D eigenvalue weighted by Crippen LogP contribution is 2.21. The number of nitrogens with two attached hydrogens (primary N) is 1. The van der Waals surface area contributed by atoms with E-state index in [1.54, 1.807) is 0 Å². The molecule has 19 heavy (non-hydrogen) atoms. The van der Waals surface area contributed by atoms with Crippen LogP contribution in [0.1, 0.15) is 27.3 Å². The van der Waals surface area contributed by atoms with E-state index < -0.39 is 0 Å². The summed E-state index contributed by atoms with van der Waals surface area (Å²) in [5.74, 6) is -0.182. The lowest BCUT2D eigenvalue weighted by atomic mass is 9.88. The number of aryl methyl sites for hydroxylation is 1. The highest BCUT2D eigenvalue weighted by molar-refractivity contribution is 7.16. The second-order valence-corrected chi connectivity index (χ2v) is 5.64. The third kappa shape index (κ3) is 2.58. The molecule has 1 aliphatic rings. The largest absolute Gasteiger partial charge is 0.374 e. The van der Waals surface area contributed by atoms with E-state index in [0.29, 0.717) is 10.1 Å². The predicted molar refractivity (Wildman–Crippen MR) is 74.0 cm³/mol. The summed E-state index contributed by atoms with van der Waals surface area (Å²) in [5.41, 5.74) is 8.18. The fourth-order valence-electron chi connectivity index (χ4n) is 2.39. The van der Waals surface area contributed by atoms with Gasteiger partial charge in [0.1, 0.15) is 0 Å². The van der Waals surface area contributed by atoms with E-state index in [-0.39, 0.29) is 11.9 Å². The number of hydrogen-bond acceptors (Lipinski definition) is 5. The van der Waals surface area contributed by atoms with Gasteiger partial charge in [-0.25, -0.2) is 0 Å². The van der Waals surface area contributed by atoms with Crippen molar-refractivity contribution in [2.45, 2.75) is 25.3 Å². The van der Waals surface area contributed by atoms with Crippen LogP contribution < -0.4 is 11.1 Å². The first kappa shape index (κ1) is 12.1. The molecular formula is C13H14N4OS. The summed E-state index contributed by atoms with van der Waals surface area (Å²) in [6, 6.07) is 8.53. The van der Waals surface area contributed by atoms with Gasteiger partial charge in [0.05, 0.1) is 0 Å². The first-order valence-corrected chi connectivity index (χ1v) is 7.00. The van der Waals surface area contributed by atoms with Crippen molar-refractivity contribution in [2.75, 3.05) is 5.73 Å². The molecule has 1 aromatic heterocycles. The van der Waals surface area contributed by atoms with Crippen LogP contribution in [0.4, 0.5) is 5.13 Å². The van der Waals surface area contributed by atoms with Gasteiger partial charge in [-0.3, -0.25) is 4.79 Å². The molecule has 0 aliphatic heterocycles. The summed E-state index contributed by atoms with van der Waals surface area (Å²) < 4.78 is 0. The van der Waals surface area contributed by atoms with Crippen molar-refractivity contribution in [2.24, 2.45) is 0 Å². The van der Waals surface area contributed by atoms with Crippen molar-refractivity contribution >= 4 is 22.4 Å². The highest BCUT2D eigenvalue weighted by Gasteiger charge is 2.21. The minimum atomic E-state index is -0.182. The number of carbonyl (C=O) groups excluding carboxylic acids is 1. The van der Waals surface area contributed by atoms with E-state index in [2.05, 4.69) is 33.7 Å². The van der Waals surface area contributed by atoms with Crippen LogP contribution in [-0.4, -0.2) is 22.1 Å². The third-order valence-corrected chi connectivity index (χ3v) is 4.07. The first-order chi connectivity index (χ1) is 9.22. The molecule has 1 aliphatic carbocycles. The van der Waals surface area contributed by atoms with Gasteiger partial charge in [0.15, 0.2) is 0 Å². The van der Waals surface area contributed by atoms with Crippen LogP contribution >= 0.6 is 11.3 Å². The molecule has 3 rings (SSSR count). The molecule has 0 bridgehead atoms. The maximum atomic E-state index is 12.0. The van der Waals surface area contributed by atoms with Crippen LogP contribution in [0.5, 0.6) is 0 Å². The molecule has 1 unspecified atom stereocenters. The van der Waals surface area contributed by atoms with Gasteiger partial charge >= 0.3 is 0 Å². The molecule has 6 heteroatoms. The average molecular weight is 274 g/mol. The molecule has 2 aromatic rings. The second kappa shape index (κ2) is 4.97. The molecule has 0 fully saturated rings. The predicted octanol–water partition coefficient (Wildman–Crippen LogP) is 1.41. The Bertz CT molecular complexity index is 610. The lowest BCUT2D eigenvalue weighted by Crippen LogP contribution is -2.38. The maximum absolute atomic E-state index is 12.0. The number of nitrogens with zero attached hydrogens (tertiary/aromatic N) is 2. The van der Waals surface area contributed by atoms with E-state index >= 15 is 0 Å². The van der Waals surface area contributed by atoms with Gasteiger partial charge in [0, 0.05) is 6.04 Å². The van der Waals surface area contributed by atoms with E-state index in [4.69, 9.17) is 5.73 Å². The van der Waals surface area contributed by atoms with Gasteiger partial charge in [-0.1, -0.05) is 35.6 Å². The smallest absolute Gasteiger partial charge is 0.282 e. The molecular weight excluding hydrogens is 260 g/mol. The van der Waals surface area contributed by atoms with Gasteiger partial charge in [-0.2, -0.15) is 0 Å². The van der Waals surface area contributed by atoms with Crippen molar-refractivity contribution in [3.05, 3.63) is 40.4 Å². The summed E-state index contributed by atoms with van der Waals surface area (Å²) in [6.45, 7) is 0. The molecule has 0 spiro atoms. The minimum Gasteiger partial charge on any atom is -0.374 e. The van der Waals surface area contributed by atoms with Crippen LogP contribution in [0.2, 0.25) is 0 Å². The fourth-order valence-corrected chi connectivity index (χ4v) is 2.91. The number of amides is 1. The van der Waals surface area contributed by atoms with Crippen LogP contribution in [0, 0.1) is 0 Å². The Balaban J connectivity index is 1.68. The highest BCUT2D eigenvalue weighted by atomic mass is 32.1. The zero-order chi connectivity index (χ0) is 13.2. The number of nitrogen functional groups attached to an aromatic ring is 1. The summed E-state index contributed by atoms with van der Waals surface area (Å²) in [7, 11) is 0. The van der Waals surface area contributed by atoms with Crippen LogP contribution in [0.25, 0.3) is 0 Å². The Hall–Kier alpha value is -1.95. The quantitative estimate of drug-likeness (QED) is 0.867. The summed E-state index contributed by atoms with van der Waals surface area (Å²) in [4.78, 5) is 12.0. The Kier molecular flexibility index (Phi) is 3.16. The first-order valence-electron chi connectivity index (χ1n) is 6.19. The summed E-state index contributed by atoms with van der Waals surface area (Å²) in [5, 5.41) is 11.1. The zero-order valence-corrected chi connectivity index (χ0v) is 11.1. The number of rotatable bonds is 2. The van der Waals surface area contributed by atoms with Gasteiger partial charge < -0.3 is 11.1 Å². The average Bonchev–Trinajstić information content (AvgIpc) is 2.85. The Morgan fingerprint density at radius 1 is 1.32 bits per heavy atom. The fraction of sp³-hybridized carbons (Fsp3) is 0.308. The molecule has 3 N–H and O–H groups in total. The zero-order valence-electron chi connectivity index (χ0n) is 10.3. The van der Waals surface area contributed by atoms with E-state index in [1.807, 2.05) is 6.07 Å². The monoisotopic (exact) mass is 274 g/mol. The maximum Gasteiger partial charge on any atom is 0.282 e. The van der Waals surface area contributed by atoms with Gasteiger partial charge in [-0.05, 0) is 30.4 Å². The molecule has 1 heterocycles. The lowest BCUT2D eigenvalue weighted by Gasteiger charge is -2.25. The van der Waals surface area contributed by atoms with Crippen molar-refractivity contribution < 1.29 is 4.79 Å². The Morgan fingerprint density at radius 3 is 2.84 bits per heavy atom. The van der Waals surface area contributed by atoms with Crippen LogP contribution in [-0.2, 0) is 12.8 Å². The number of benzene rings is 1. The summed E-state index contributed by atoms with van der Waals surface area (Å²) in [6.07, 6.45) is 2.83. The Labute approximate surface area is 114 Å². The van der Waals surface area contributed by atoms with Crippen molar-refractivity contribution in [3.63, 3.8) is 0 Å².